The fourth-order valence-corrected chi connectivity index (χ4v) is 1.54. The Kier molecular flexibility index (Phi) is 5.95. The van der Waals surface area contributed by atoms with Gasteiger partial charge in [-0.05, 0) is 25.1 Å². The lowest BCUT2D eigenvalue weighted by molar-refractivity contribution is -0.119. The maximum absolute atomic E-state index is 11.6. The number of likely N-dealkylation sites (N-methyl/N-ethyl adjacent to an activating group) is 1. The molecule has 0 aliphatic rings. The molecule has 1 aromatic rings. The molecule has 1 rings (SSSR count). The zero-order valence-corrected chi connectivity index (χ0v) is 11.5. The topological polar surface area (TPSA) is 79.5 Å². The van der Waals surface area contributed by atoms with Gasteiger partial charge in [-0.25, -0.2) is 4.79 Å². The smallest absolute Gasteiger partial charge is 0.319 e. The number of nitrogens with one attached hydrogen (secondary N) is 3. The van der Waals surface area contributed by atoms with Gasteiger partial charge in [-0.2, -0.15) is 0 Å². The second-order valence-electron chi connectivity index (χ2n) is 3.61. The van der Waals surface area contributed by atoms with E-state index in [4.69, 9.17) is 16.3 Å². The summed E-state index contributed by atoms with van der Waals surface area (Å²) in [6.07, 6.45) is 0. The van der Waals surface area contributed by atoms with Crippen LogP contribution in [0.25, 0.3) is 0 Å². The molecule has 0 fully saturated rings. The van der Waals surface area contributed by atoms with Gasteiger partial charge >= 0.3 is 6.03 Å². The maximum atomic E-state index is 11.6. The van der Waals surface area contributed by atoms with Crippen molar-refractivity contribution in [3.05, 3.63) is 23.2 Å². The molecule has 104 valence electrons. The number of hydrogen-bond donors (Lipinski definition) is 3. The Bertz CT molecular complexity index is 466. The van der Waals surface area contributed by atoms with Crippen LogP contribution >= 0.6 is 11.6 Å². The maximum Gasteiger partial charge on any atom is 0.319 e. The van der Waals surface area contributed by atoms with Crippen molar-refractivity contribution in [3.8, 4) is 5.75 Å². The molecule has 0 heterocycles. The minimum Gasteiger partial charge on any atom is -0.495 e. The standard InChI is InChI=1S/C12H16ClN3O3/c1-3-14-11(17)7-15-12(18)16-9-6-8(13)4-5-10(9)19-2/h4-6H,3,7H2,1-2H3,(H,14,17)(H2,15,16,18). The molecule has 6 nitrogen and oxygen atoms in total. The second kappa shape index (κ2) is 7.48. The van der Waals surface area contributed by atoms with Crippen LogP contribution in [0, 0.1) is 0 Å². The molecule has 0 saturated carbocycles. The van der Waals surface area contributed by atoms with Gasteiger partial charge in [0.05, 0.1) is 19.3 Å². The molecule has 19 heavy (non-hydrogen) atoms. The highest BCUT2D eigenvalue weighted by molar-refractivity contribution is 6.31. The Morgan fingerprint density at radius 1 is 1.32 bits per heavy atom. The zero-order valence-electron chi connectivity index (χ0n) is 10.7. The SMILES string of the molecule is CCNC(=O)CNC(=O)Nc1cc(Cl)ccc1OC. The van der Waals surface area contributed by atoms with Gasteiger partial charge in [0, 0.05) is 11.6 Å². The summed E-state index contributed by atoms with van der Waals surface area (Å²) >= 11 is 5.83. The van der Waals surface area contributed by atoms with E-state index in [1.165, 1.54) is 7.11 Å². The molecule has 0 aliphatic heterocycles. The molecule has 0 atom stereocenters. The molecular formula is C12H16ClN3O3. The molecule has 1 aromatic carbocycles. The van der Waals surface area contributed by atoms with Crippen molar-refractivity contribution in [2.45, 2.75) is 6.92 Å². The van der Waals surface area contributed by atoms with Gasteiger partial charge in [0.1, 0.15) is 5.75 Å². The lowest BCUT2D eigenvalue weighted by atomic mass is 10.3. The van der Waals surface area contributed by atoms with Gasteiger partial charge < -0.3 is 20.7 Å². The van der Waals surface area contributed by atoms with Gasteiger partial charge in [0.15, 0.2) is 0 Å². The van der Waals surface area contributed by atoms with E-state index in [9.17, 15) is 9.59 Å². The molecule has 0 aromatic heterocycles. The van der Waals surface area contributed by atoms with E-state index in [2.05, 4.69) is 16.0 Å². The summed E-state index contributed by atoms with van der Waals surface area (Å²) in [5.41, 5.74) is 0.434. The highest BCUT2D eigenvalue weighted by Crippen LogP contribution is 2.27. The summed E-state index contributed by atoms with van der Waals surface area (Å²) in [5, 5.41) is 8.03. The Balaban J connectivity index is 2.57. The van der Waals surface area contributed by atoms with Crippen LogP contribution in [-0.4, -0.2) is 32.1 Å². The highest BCUT2D eigenvalue weighted by atomic mass is 35.5. The molecule has 3 amide bonds. The molecule has 0 bridgehead atoms. The number of hydrogen-bond acceptors (Lipinski definition) is 3. The number of carbonyl (C=O) groups excluding carboxylic acids is 2. The lowest BCUT2D eigenvalue weighted by Gasteiger charge is -2.11. The van der Waals surface area contributed by atoms with Crippen molar-refractivity contribution >= 4 is 29.2 Å². The number of benzene rings is 1. The first-order valence-electron chi connectivity index (χ1n) is 5.72. The first-order valence-corrected chi connectivity index (χ1v) is 6.09. The van der Waals surface area contributed by atoms with E-state index in [1.54, 1.807) is 25.1 Å². The predicted molar refractivity (Wildman–Crippen MR) is 73.7 cm³/mol. The van der Waals surface area contributed by atoms with Crippen LogP contribution in [0.15, 0.2) is 18.2 Å². The van der Waals surface area contributed by atoms with Crippen LogP contribution in [0.2, 0.25) is 5.02 Å². The third kappa shape index (κ3) is 5.05. The molecule has 0 radical (unpaired) electrons. The first kappa shape index (κ1) is 15.1. The van der Waals surface area contributed by atoms with Crippen LogP contribution in [0.3, 0.4) is 0 Å². The van der Waals surface area contributed by atoms with Crippen LogP contribution in [0.5, 0.6) is 5.75 Å². The van der Waals surface area contributed by atoms with Gasteiger partial charge in [-0.3, -0.25) is 4.79 Å². The predicted octanol–water partition coefficient (Wildman–Crippen LogP) is 1.61. The van der Waals surface area contributed by atoms with Crippen LogP contribution < -0.4 is 20.7 Å². The fourth-order valence-electron chi connectivity index (χ4n) is 1.36. The van der Waals surface area contributed by atoms with E-state index in [1.807, 2.05) is 0 Å². The number of amides is 3. The molecule has 7 heteroatoms. The average molecular weight is 286 g/mol. The van der Waals surface area contributed by atoms with Crippen molar-refractivity contribution in [2.24, 2.45) is 0 Å². The van der Waals surface area contributed by atoms with E-state index in [0.29, 0.717) is 23.0 Å². The van der Waals surface area contributed by atoms with Gasteiger partial charge in [0.2, 0.25) is 5.91 Å². The second-order valence-corrected chi connectivity index (χ2v) is 4.04. The summed E-state index contributed by atoms with van der Waals surface area (Å²) in [7, 11) is 1.49. The Hall–Kier alpha value is -1.95. The van der Waals surface area contributed by atoms with Crippen LogP contribution in [0.1, 0.15) is 6.92 Å². The molecule has 0 saturated heterocycles. The molecule has 0 unspecified atom stereocenters. The molecule has 0 spiro atoms. The Labute approximate surface area is 116 Å². The van der Waals surface area contributed by atoms with Crippen molar-refractivity contribution in [3.63, 3.8) is 0 Å². The molecule has 0 aliphatic carbocycles. The van der Waals surface area contributed by atoms with Gasteiger partial charge in [-0.1, -0.05) is 11.6 Å². The fraction of sp³-hybridized carbons (Fsp3) is 0.333. The third-order valence-electron chi connectivity index (χ3n) is 2.19. The minimum absolute atomic E-state index is 0.0947. The molecular weight excluding hydrogens is 270 g/mol. The number of halogens is 1. The van der Waals surface area contributed by atoms with Crippen molar-refractivity contribution in [2.75, 3.05) is 25.5 Å². The normalized spacial score (nSPS) is 9.63. The lowest BCUT2D eigenvalue weighted by Crippen LogP contribution is -2.38. The van der Waals surface area contributed by atoms with Crippen molar-refractivity contribution in [1.29, 1.82) is 0 Å². The van der Waals surface area contributed by atoms with Crippen molar-refractivity contribution in [1.82, 2.24) is 10.6 Å². The van der Waals surface area contributed by atoms with Gasteiger partial charge in [0.25, 0.3) is 0 Å². The van der Waals surface area contributed by atoms with E-state index in [0.717, 1.165) is 0 Å². The number of urea groups is 1. The third-order valence-corrected chi connectivity index (χ3v) is 2.43. The summed E-state index contributed by atoms with van der Waals surface area (Å²) in [4.78, 5) is 22.8. The summed E-state index contributed by atoms with van der Waals surface area (Å²) in [5.74, 6) is 0.230. The zero-order chi connectivity index (χ0) is 14.3. The summed E-state index contributed by atoms with van der Waals surface area (Å²) in [6, 6.07) is 4.35. The number of anilines is 1. The Morgan fingerprint density at radius 2 is 2.05 bits per heavy atom. The number of ether oxygens (including phenoxy) is 1. The van der Waals surface area contributed by atoms with E-state index >= 15 is 0 Å². The van der Waals surface area contributed by atoms with Gasteiger partial charge in [-0.15, -0.1) is 0 Å². The number of methoxy groups -OCH3 is 1. The van der Waals surface area contributed by atoms with Crippen LogP contribution in [0.4, 0.5) is 10.5 Å². The monoisotopic (exact) mass is 285 g/mol. The molecule has 3 N–H and O–H groups in total. The van der Waals surface area contributed by atoms with E-state index in [-0.39, 0.29) is 12.5 Å². The van der Waals surface area contributed by atoms with E-state index < -0.39 is 6.03 Å². The summed E-state index contributed by atoms with van der Waals surface area (Å²) in [6.45, 7) is 2.22. The number of rotatable bonds is 5. The van der Waals surface area contributed by atoms with Crippen LogP contribution in [-0.2, 0) is 4.79 Å². The average Bonchev–Trinajstić information content (AvgIpc) is 2.37. The highest BCUT2D eigenvalue weighted by Gasteiger charge is 2.09. The Morgan fingerprint density at radius 3 is 2.68 bits per heavy atom. The minimum atomic E-state index is -0.508. The number of carbonyl (C=O) groups is 2. The summed E-state index contributed by atoms with van der Waals surface area (Å²) < 4.78 is 5.08. The van der Waals surface area contributed by atoms with Crippen molar-refractivity contribution < 1.29 is 14.3 Å². The first-order chi connectivity index (χ1) is 9.06. The quantitative estimate of drug-likeness (QED) is 0.769. The largest absolute Gasteiger partial charge is 0.495 e.